The molecular weight excluding hydrogens is 400 g/mol. The van der Waals surface area contributed by atoms with Gasteiger partial charge in [0.25, 0.3) is 0 Å². The number of carbonyl (C=O) groups is 1. The molecule has 0 amide bonds. The standard InChI is InChI=1S/C27H28N2O3/c1-2-31-27(30)18-15-23-19-26(29(28-23)24-11-7-4-8-12-24)22-13-16-25(17-14-22)32-20-21-9-5-3-6-10-21/h3,5-6,9-10,13-14,16-17,19,24H,2,4,7-8,11-12,20H2,1H3. The predicted octanol–water partition coefficient (Wildman–Crippen LogP) is 5.55. The number of esters is 1. The summed E-state index contributed by atoms with van der Waals surface area (Å²) in [6.07, 6.45) is 5.91. The molecule has 1 aromatic heterocycles. The molecular formula is C27H28N2O3. The van der Waals surface area contributed by atoms with E-state index < -0.39 is 5.97 Å². The number of aromatic nitrogens is 2. The van der Waals surface area contributed by atoms with Crippen molar-refractivity contribution in [2.75, 3.05) is 6.61 Å². The molecule has 3 aromatic rings. The van der Waals surface area contributed by atoms with Crippen LogP contribution in [0.25, 0.3) is 11.3 Å². The number of benzene rings is 2. The van der Waals surface area contributed by atoms with E-state index in [2.05, 4.69) is 40.8 Å². The summed E-state index contributed by atoms with van der Waals surface area (Å²) in [5, 5.41) is 4.74. The molecule has 1 saturated carbocycles. The molecule has 0 atom stereocenters. The zero-order valence-electron chi connectivity index (χ0n) is 18.4. The van der Waals surface area contributed by atoms with E-state index in [1.165, 1.54) is 19.3 Å². The zero-order chi connectivity index (χ0) is 22.2. The number of ether oxygens (including phenoxy) is 2. The minimum absolute atomic E-state index is 0.313. The van der Waals surface area contributed by atoms with Crippen molar-refractivity contribution in [2.24, 2.45) is 0 Å². The van der Waals surface area contributed by atoms with Gasteiger partial charge in [0.15, 0.2) is 0 Å². The van der Waals surface area contributed by atoms with E-state index in [1.54, 1.807) is 6.92 Å². The van der Waals surface area contributed by atoms with Gasteiger partial charge in [0.05, 0.1) is 18.3 Å². The Morgan fingerprint density at radius 3 is 2.53 bits per heavy atom. The summed E-state index contributed by atoms with van der Waals surface area (Å²) >= 11 is 0. The molecule has 0 N–H and O–H groups in total. The Balaban J connectivity index is 1.55. The monoisotopic (exact) mass is 428 g/mol. The summed E-state index contributed by atoms with van der Waals surface area (Å²) in [5.74, 6) is 5.69. The summed E-state index contributed by atoms with van der Waals surface area (Å²) in [5.41, 5.74) is 3.79. The number of carbonyl (C=O) groups excluding carboxylic acids is 1. The third-order valence-corrected chi connectivity index (χ3v) is 5.62. The Kier molecular flexibility index (Phi) is 7.24. The fourth-order valence-electron chi connectivity index (χ4n) is 4.02. The van der Waals surface area contributed by atoms with Crippen LogP contribution in [0.1, 0.15) is 56.3 Å². The van der Waals surface area contributed by atoms with Crippen LogP contribution in [0.15, 0.2) is 60.7 Å². The summed E-state index contributed by atoms with van der Waals surface area (Å²) in [6.45, 7) is 2.62. The highest BCUT2D eigenvalue weighted by Gasteiger charge is 2.20. The van der Waals surface area contributed by atoms with Crippen molar-refractivity contribution in [2.45, 2.75) is 51.7 Å². The number of hydrogen-bond donors (Lipinski definition) is 0. The highest BCUT2D eigenvalue weighted by molar-refractivity contribution is 5.89. The summed E-state index contributed by atoms with van der Waals surface area (Å²) in [7, 11) is 0. The maximum absolute atomic E-state index is 11.6. The Bertz CT molecular complexity index is 1090. The van der Waals surface area contributed by atoms with E-state index in [-0.39, 0.29) is 0 Å². The second-order valence-electron chi connectivity index (χ2n) is 7.92. The van der Waals surface area contributed by atoms with Gasteiger partial charge in [-0.1, -0.05) is 49.6 Å². The van der Waals surface area contributed by atoms with E-state index in [0.717, 1.165) is 35.4 Å². The van der Waals surface area contributed by atoms with Crippen LogP contribution >= 0.6 is 0 Å². The van der Waals surface area contributed by atoms with Crippen LogP contribution in [0, 0.1) is 11.8 Å². The number of rotatable bonds is 6. The quantitative estimate of drug-likeness (QED) is 0.382. The maximum atomic E-state index is 11.6. The van der Waals surface area contributed by atoms with Crippen molar-refractivity contribution in [3.05, 3.63) is 71.9 Å². The SMILES string of the molecule is CCOC(=O)C#Cc1cc(-c2ccc(OCc3ccccc3)cc2)n(C2CCCCC2)n1. The van der Waals surface area contributed by atoms with Crippen LogP contribution in [-0.4, -0.2) is 22.4 Å². The lowest BCUT2D eigenvalue weighted by atomic mass is 9.95. The minimum Gasteiger partial charge on any atom is -0.489 e. The lowest BCUT2D eigenvalue weighted by Crippen LogP contribution is -2.15. The van der Waals surface area contributed by atoms with Gasteiger partial charge in [-0.25, -0.2) is 4.79 Å². The van der Waals surface area contributed by atoms with Gasteiger partial charge in [-0.3, -0.25) is 4.68 Å². The van der Waals surface area contributed by atoms with E-state index >= 15 is 0 Å². The molecule has 0 spiro atoms. The van der Waals surface area contributed by atoms with Crippen LogP contribution in [0.4, 0.5) is 0 Å². The van der Waals surface area contributed by atoms with Crippen LogP contribution in [0.5, 0.6) is 5.75 Å². The van der Waals surface area contributed by atoms with Crippen LogP contribution in [-0.2, 0) is 16.1 Å². The van der Waals surface area contributed by atoms with Gasteiger partial charge >= 0.3 is 5.97 Å². The Hall–Kier alpha value is -3.52. The third-order valence-electron chi connectivity index (χ3n) is 5.62. The average molecular weight is 429 g/mol. The predicted molar refractivity (Wildman–Crippen MR) is 124 cm³/mol. The highest BCUT2D eigenvalue weighted by Crippen LogP contribution is 2.33. The lowest BCUT2D eigenvalue weighted by molar-refractivity contribution is -0.136. The largest absolute Gasteiger partial charge is 0.489 e. The maximum Gasteiger partial charge on any atom is 0.384 e. The van der Waals surface area contributed by atoms with Crippen molar-refractivity contribution in [1.29, 1.82) is 0 Å². The van der Waals surface area contributed by atoms with Crippen LogP contribution in [0.3, 0.4) is 0 Å². The fraction of sp³-hybridized carbons (Fsp3) is 0.333. The third kappa shape index (κ3) is 5.59. The molecule has 4 rings (SSSR count). The molecule has 1 aliphatic rings. The topological polar surface area (TPSA) is 53.4 Å². The summed E-state index contributed by atoms with van der Waals surface area (Å²) < 4.78 is 12.9. The van der Waals surface area contributed by atoms with Gasteiger partial charge in [-0.2, -0.15) is 5.10 Å². The molecule has 0 radical (unpaired) electrons. The molecule has 2 aromatic carbocycles. The smallest absolute Gasteiger partial charge is 0.384 e. The molecule has 1 aliphatic carbocycles. The molecule has 5 heteroatoms. The molecule has 0 unspecified atom stereocenters. The number of nitrogens with zero attached hydrogens (tertiary/aromatic N) is 2. The number of hydrogen-bond acceptors (Lipinski definition) is 4. The van der Waals surface area contributed by atoms with Crippen molar-refractivity contribution in [3.8, 4) is 28.8 Å². The normalized spacial score (nSPS) is 13.8. The molecule has 32 heavy (non-hydrogen) atoms. The lowest BCUT2D eigenvalue weighted by Gasteiger charge is -2.24. The summed E-state index contributed by atoms with van der Waals surface area (Å²) in [4.78, 5) is 11.6. The van der Waals surface area contributed by atoms with Gasteiger partial charge in [-0.15, -0.1) is 0 Å². The van der Waals surface area contributed by atoms with E-state index in [4.69, 9.17) is 14.6 Å². The average Bonchev–Trinajstić information content (AvgIpc) is 3.28. The second-order valence-corrected chi connectivity index (χ2v) is 7.92. The van der Waals surface area contributed by atoms with Gasteiger partial charge < -0.3 is 9.47 Å². The second kappa shape index (κ2) is 10.7. The van der Waals surface area contributed by atoms with Gasteiger partial charge in [0, 0.05) is 17.6 Å². The first-order chi connectivity index (χ1) is 15.7. The van der Waals surface area contributed by atoms with Gasteiger partial charge in [0.1, 0.15) is 18.1 Å². The minimum atomic E-state index is -0.527. The Morgan fingerprint density at radius 2 is 1.81 bits per heavy atom. The molecule has 0 bridgehead atoms. The summed E-state index contributed by atoms with van der Waals surface area (Å²) in [6, 6.07) is 20.5. The molecule has 164 valence electrons. The molecule has 5 nitrogen and oxygen atoms in total. The Labute approximate surface area is 189 Å². The fourth-order valence-corrected chi connectivity index (χ4v) is 4.02. The van der Waals surface area contributed by atoms with Crippen LogP contribution in [0.2, 0.25) is 0 Å². The molecule has 0 aliphatic heterocycles. The van der Waals surface area contributed by atoms with Crippen molar-refractivity contribution in [1.82, 2.24) is 9.78 Å². The first-order valence-electron chi connectivity index (χ1n) is 11.3. The van der Waals surface area contributed by atoms with Crippen LogP contribution < -0.4 is 4.74 Å². The highest BCUT2D eigenvalue weighted by atomic mass is 16.5. The van der Waals surface area contributed by atoms with E-state index in [1.807, 2.05) is 36.4 Å². The first-order valence-corrected chi connectivity index (χ1v) is 11.3. The van der Waals surface area contributed by atoms with Crippen molar-refractivity contribution in [3.63, 3.8) is 0 Å². The first kappa shape index (κ1) is 21.7. The Morgan fingerprint density at radius 1 is 1.06 bits per heavy atom. The molecule has 1 fully saturated rings. The van der Waals surface area contributed by atoms with Crippen molar-refractivity contribution >= 4 is 5.97 Å². The van der Waals surface area contributed by atoms with E-state index in [9.17, 15) is 4.79 Å². The van der Waals surface area contributed by atoms with Crippen molar-refractivity contribution < 1.29 is 14.3 Å². The van der Waals surface area contributed by atoms with Gasteiger partial charge in [0.2, 0.25) is 0 Å². The molecule has 1 heterocycles. The molecule has 0 saturated heterocycles. The van der Waals surface area contributed by atoms with E-state index in [0.29, 0.717) is 24.9 Å². The zero-order valence-corrected chi connectivity index (χ0v) is 18.4. The van der Waals surface area contributed by atoms with Gasteiger partial charge in [-0.05, 0) is 55.5 Å².